The van der Waals surface area contributed by atoms with Gasteiger partial charge in [0.05, 0.1) is 20.1 Å². The standard InChI is InChI=1S/C14H20O4/c1-5-10-11(8-9(2)14(15)16)13(18-4)7-6-12(10)17-3/h6-7,9H,5,8H2,1-4H3,(H,15,16). The molecule has 1 aromatic carbocycles. The molecule has 0 aliphatic heterocycles. The van der Waals surface area contributed by atoms with E-state index in [0.717, 1.165) is 29.0 Å². The minimum absolute atomic E-state index is 0.443. The minimum atomic E-state index is -0.804. The van der Waals surface area contributed by atoms with Gasteiger partial charge in [0.25, 0.3) is 0 Å². The molecule has 1 unspecified atom stereocenters. The Bertz CT molecular complexity index is 426. The van der Waals surface area contributed by atoms with Crippen molar-refractivity contribution in [1.29, 1.82) is 0 Å². The highest BCUT2D eigenvalue weighted by Crippen LogP contribution is 2.32. The Labute approximate surface area is 108 Å². The van der Waals surface area contributed by atoms with Crippen LogP contribution in [0.5, 0.6) is 11.5 Å². The Kier molecular flexibility index (Phi) is 5.01. The summed E-state index contributed by atoms with van der Waals surface area (Å²) in [6.45, 7) is 3.72. The van der Waals surface area contributed by atoms with Gasteiger partial charge in [-0.05, 0) is 25.0 Å². The van der Waals surface area contributed by atoms with Crippen molar-refractivity contribution in [3.05, 3.63) is 23.3 Å². The zero-order chi connectivity index (χ0) is 13.7. The molecule has 0 fully saturated rings. The second-order valence-electron chi connectivity index (χ2n) is 4.22. The molecular weight excluding hydrogens is 232 g/mol. The van der Waals surface area contributed by atoms with Crippen molar-refractivity contribution < 1.29 is 19.4 Å². The Morgan fingerprint density at radius 1 is 1.22 bits per heavy atom. The van der Waals surface area contributed by atoms with Gasteiger partial charge in [0.15, 0.2) is 0 Å². The van der Waals surface area contributed by atoms with E-state index in [1.54, 1.807) is 21.1 Å². The molecule has 0 saturated carbocycles. The molecule has 1 rings (SSSR count). The number of benzene rings is 1. The normalized spacial score (nSPS) is 12.0. The lowest BCUT2D eigenvalue weighted by Crippen LogP contribution is -2.14. The van der Waals surface area contributed by atoms with Crippen LogP contribution in [0.25, 0.3) is 0 Å². The highest BCUT2D eigenvalue weighted by Gasteiger charge is 2.19. The third-order valence-corrected chi connectivity index (χ3v) is 3.07. The smallest absolute Gasteiger partial charge is 0.306 e. The van der Waals surface area contributed by atoms with E-state index < -0.39 is 11.9 Å². The fourth-order valence-corrected chi connectivity index (χ4v) is 2.04. The van der Waals surface area contributed by atoms with Crippen LogP contribution in [0.2, 0.25) is 0 Å². The molecule has 0 radical (unpaired) electrons. The molecule has 1 N–H and O–H groups in total. The first kappa shape index (κ1) is 14.4. The van der Waals surface area contributed by atoms with Gasteiger partial charge in [-0.15, -0.1) is 0 Å². The molecule has 4 nitrogen and oxygen atoms in total. The number of ether oxygens (including phenoxy) is 2. The number of methoxy groups -OCH3 is 2. The molecule has 0 aromatic heterocycles. The van der Waals surface area contributed by atoms with Crippen LogP contribution in [0.4, 0.5) is 0 Å². The lowest BCUT2D eigenvalue weighted by molar-refractivity contribution is -0.141. The average molecular weight is 252 g/mol. The molecule has 0 heterocycles. The summed E-state index contributed by atoms with van der Waals surface area (Å²) in [6.07, 6.45) is 1.22. The van der Waals surface area contributed by atoms with Crippen molar-refractivity contribution in [3.8, 4) is 11.5 Å². The molecular formula is C14H20O4. The fourth-order valence-electron chi connectivity index (χ4n) is 2.04. The Morgan fingerprint density at radius 3 is 2.11 bits per heavy atom. The molecule has 0 aliphatic carbocycles. The van der Waals surface area contributed by atoms with Crippen LogP contribution in [-0.2, 0) is 17.6 Å². The van der Waals surface area contributed by atoms with Gasteiger partial charge < -0.3 is 14.6 Å². The number of hydrogen-bond donors (Lipinski definition) is 1. The molecule has 0 amide bonds. The van der Waals surface area contributed by atoms with Crippen LogP contribution >= 0.6 is 0 Å². The zero-order valence-electron chi connectivity index (χ0n) is 11.3. The fraction of sp³-hybridized carbons (Fsp3) is 0.500. The van der Waals surface area contributed by atoms with Crippen LogP contribution in [0.1, 0.15) is 25.0 Å². The first-order chi connectivity index (χ1) is 8.54. The predicted molar refractivity (Wildman–Crippen MR) is 69.4 cm³/mol. The van der Waals surface area contributed by atoms with Crippen LogP contribution < -0.4 is 9.47 Å². The summed E-state index contributed by atoms with van der Waals surface area (Å²) < 4.78 is 10.6. The van der Waals surface area contributed by atoms with E-state index in [9.17, 15) is 4.79 Å². The largest absolute Gasteiger partial charge is 0.496 e. The maximum absolute atomic E-state index is 11.0. The van der Waals surface area contributed by atoms with Gasteiger partial charge in [-0.25, -0.2) is 0 Å². The number of carboxylic acid groups (broad SMARTS) is 1. The third kappa shape index (κ3) is 2.94. The second kappa shape index (κ2) is 6.28. The summed E-state index contributed by atoms with van der Waals surface area (Å²) in [7, 11) is 3.21. The molecule has 0 spiro atoms. The van der Waals surface area contributed by atoms with Gasteiger partial charge in [-0.2, -0.15) is 0 Å². The maximum Gasteiger partial charge on any atom is 0.306 e. The first-order valence-electron chi connectivity index (χ1n) is 6.00. The highest BCUT2D eigenvalue weighted by molar-refractivity contribution is 5.70. The van der Waals surface area contributed by atoms with E-state index in [2.05, 4.69) is 0 Å². The topological polar surface area (TPSA) is 55.8 Å². The maximum atomic E-state index is 11.0. The quantitative estimate of drug-likeness (QED) is 0.845. The van der Waals surface area contributed by atoms with Gasteiger partial charge >= 0.3 is 5.97 Å². The van der Waals surface area contributed by atoms with E-state index in [1.165, 1.54) is 0 Å². The van der Waals surface area contributed by atoms with Crippen molar-refractivity contribution in [2.75, 3.05) is 14.2 Å². The molecule has 0 bridgehead atoms. The number of hydrogen-bond acceptors (Lipinski definition) is 3. The molecule has 18 heavy (non-hydrogen) atoms. The Morgan fingerprint density at radius 2 is 1.72 bits per heavy atom. The average Bonchev–Trinajstić information content (AvgIpc) is 2.37. The highest BCUT2D eigenvalue weighted by atomic mass is 16.5. The van der Waals surface area contributed by atoms with Crippen LogP contribution in [0.3, 0.4) is 0 Å². The second-order valence-corrected chi connectivity index (χ2v) is 4.22. The number of carboxylic acids is 1. The monoisotopic (exact) mass is 252 g/mol. The molecule has 100 valence electrons. The summed E-state index contributed by atoms with van der Waals surface area (Å²) >= 11 is 0. The Hall–Kier alpha value is -1.71. The summed E-state index contributed by atoms with van der Waals surface area (Å²) in [5, 5.41) is 9.02. The van der Waals surface area contributed by atoms with Crippen molar-refractivity contribution in [3.63, 3.8) is 0 Å². The number of carbonyl (C=O) groups is 1. The van der Waals surface area contributed by atoms with Crippen molar-refractivity contribution >= 4 is 5.97 Å². The van der Waals surface area contributed by atoms with Gasteiger partial charge in [0.2, 0.25) is 0 Å². The van der Waals surface area contributed by atoms with Gasteiger partial charge in [-0.1, -0.05) is 13.8 Å². The summed E-state index contributed by atoms with van der Waals surface area (Å²) in [5.74, 6) is 0.255. The van der Waals surface area contributed by atoms with Gasteiger partial charge in [0, 0.05) is 11.1 Å². The predicted octanol–water partition coefficient (Wildman–Crippen LogP) is 2.53. The van der Waals surface area contributed by atoms with Crippen molar-refractivity contribution in [2.24, 2.45) is 5.92 Å². The molecule has 0 aliphatic rings. The van der Waals surface area contributed by atoms with Crippen LogP contribution in [0, 0.1) is 5.92 Å². The Balaban J connectivity index is 3.23. The summed E-state index contributed by atoms with van der Waals surface area (Å²) in [4.78, 5) is 11.0. The lowest BCUT2D eigenvalue weighted by Gasteiger charge is -2.17. The first-order valence-corrected chi connectivity index (χ1v) is 6.00. The number of aliphatic carboxylic acids is 1. The van der Waals surface area contributed by atoms with E-state index in [-0.39, 0.29) is 0 Å². The minimum Gasteiger partial charge on any atom is -0.496 e. The molecule has 4 heteroatoms. The van der Waals surface area contributed by atoms with Crippen LogP contribution in [0.15, 0.2) is 12.1 Å². The lowest BCUT2D eigenvalue weighted by atomic mass is 9.94. The van der Waals surface area contributed by atoms with Crippen LogP contribution in [-0.4, -0.2) is 25.3 Å². The van der Waals surface area contributed by atoms with E-state index in [1.807, 2.05) is 19.1 Å². The molecule has 0 saturated heterocycles. The molecule has 1 aromatic rings. The van der Waals surface area contributed by atoms with E-state index in [4.69, 9.17) is 14.6 Å². The third-order valence-electron chi connectivity index (χ3n) is 3.07. The summed E-state index contributed by atoms with van der Waals surface area (Å²) in [5.41, 5.74) is 1.94. The number of rotatable bonds is 6. The van der Waals surface area contributed by atoms with E-state index >= 15 is 0 Å². The zero-order valence-corrected chi connectivity index (χ0v) is 11.3. The van der Waals surface area contributed by atoms with E-state index in [0.29, 0.717) is 6.42 Å². The SMILES string of the molecule is CCc1c(OC)ccc(OC)c1CC(C)C(=O)O. The summed E-state index contributed by atoms with van der Waals surface area (Å²) in [6, 6.07) is 3.68. The van der Waals surface area contributed by atoms with Crippen molar-refractivity contribution in [1.82, 2.24) is 0 Å². The van der Waals surface area contributed by atoms with Crippen molar-refractivity contribution in [2.45, 2.75) is 26.7 Å². The molecule has 1 atom stereocenters. The van der Waals surface area contributed by atoms with Gasteiger partial charge in [-0.3, -0.25) is 4.79 Å². The van der Waals surface area contributed by atoms with Gasteiger partial charge in [0.1, 0.15) is 11.5 Å².